The smallest absolute Gasteiger partial charge is 0.413 e. The van der Waals surface area contributed by atoms with E-state index in [4.69, 9.17) is 19.0 Å². The molecule has 0 radical (unpaired) electrons. The van der Waals surface area contributed by atoms with Crippen LogP contribution in [0.25, 0.3) is 0 Å². The summed E-state index contributed by atoms with van der Waals surface area (Å²) in [5, 5.41) is 20.7. The number of nitrogens with one attached hydrogen (secondary N) is 7. The molecule has 3 atom stereocenters. The van der Waals surface area contributed by atoms with Crippen molar-refractivity contribution in [3.63, 3.8) is 0 Å². The fourth-order valence-corrected chi connectivity index (χ4v) is 5.20. The van der Waals surface area contributed by atoms with Crippen LogP contribution >= 0.6 is 11.3 Å². The summed E-state index contributed by atoms with van der Waals surface area (Å²) in [6.45, 7) is 16.5. The fraction of sp³-hybridized carbons (Fsp3) is 0.583. The number of urea groups is 1. The van der Waals surface area contributed by atoms with E-state index < -0.39 is 76.5 Å². The monoisotopic (exact) mass is 819 g/mol. The zero-order valence-corrected chi connectivity index (χ0v) is 34.6. The number of anilines is 1. The van der Waals surface area contributed by atoms with Gasteiger partial charge >= 0.3 is 18.1 Å². The number of aromatic nitrogens is 2. The molecular weight excluding hydrogens is 767 g/mol. The van der Waals surface area contributed by atoms with E-state index in [1.807, 2.05) is 6.92 Å². The highest BCUT2D eigenvalue weighted by Gasteiger charge is 2.42. The summed E-state index contributed by atoms with van der Waals surface area (Å²) in [5.74, 6) is -2.67. The van der Waals surface area contributed by atoms with Gasteiger partial charge in [-0.1, -0.05) is 18.5 Å². The molecule has 1 fully saturated rings. The van der Waals surface area contributed by atoms with Crippen LogP contribution in [-0.4, -0.2) is 99.6 Å². The van der Waals surface area contributed by atoms with E-state index in [2.05, 4.69) is 47.0 Å². The van der Waals surface area contributed by atoms with Gasteiger partial charge in [-0.3, -0.25) is 24.5 Å². The number of carbonyl (C=O) groups excluding carboxylic acids is 6. The van der Waals surface area contributed by atoms with Gasteiger partial charge in [0.15, 0.2) is 16.6 Å². The number of pyridine rings is 1. The van der Waals surface area contributed by atoms with Gasteiger partial charge < -0.3 is 50.6 Å². The van der Waals surface area contributed by atoms with Crippen molar-refractivity contribution in [1.82, 2.24) is 36.6 Å². The van der Waals surface area contributed by atoms with Crippen LogP contribution in [0.4, 0.5) is 14.7 Å². The maximum atomic E-state index is 13.7. The number of amides is 6. The Hall–Kier alpha value is -5.73. The largest absolute Gasteiger partial charge is 0.488 e. The molecule has 0 spiro atoms. The first-order valence-corrected chi connectivity index (χ1v) is 19.1. The molecular formula is C36H53N9O11S. The Morgan fingerprint density at radius 3 is 2.30 bits per heavy atom. The lowest BCUT2D eigenvalue weighted by atomic mass is 9.98. The molecule has 2 aromatic rings. The van der Waals surface area contributed by atoms with Crippen molar-refractivity contribution in [2.75, 3.05) is 18.5 Å². The molecule has 6 amide bonds. The second kappa shape index (κ2) is 19.4. The SMILES string of the molecule is CCCCOc1c[nH]c(CNC(=O)N[C@@H](C)C(=O)NC[C@H]2NC(=O)[C@H]2NC(=O)/C(=N\OC(C)(C)C(=O)OC(C)(C)C)c2csc(NC(=O)OC(C)(C)C)n2)cc1=O. The molecule has 2 aromatic heterocycles. The first-order valence-electron chi connectivity index (χ1n) is 18.2. The first kappa shape index (κ1) is 45.7. The number of thiazole rings is 1. The average Bonchev–Trinajstić information content (AvgIpc) is 3.54. The van der Waals surface area contributed by atoms with E-state index in [1.165, 1.54) is 38.4 Å². The number of β-lactam (4-membered cyclic amide) rings is 1. The molecule has 57 heavy (non-hydrogen) atoms. The van der Waals surface area contributed by atoms with E-state index >= 15 is 0 Å². The number of unbranched alkanes of at least 4 members (excludes halogenated alkanes) is 1. The number of carbonyl (C=O) groups is 6. The molecule has 7 N–H and O–H groups in total. The third kappa shape index (κ3) is 14.7. The zero-order valence-electron chi connectivity index (χ0n) is 33.8. The Balaban J connectivity index is 1.63. The van der Waals surface area contributed by atoms with Crippen LogP contribution in [0, 0.1) is 0 Å². The second-order valence-corrected chi connectivity index (χ2v) is 16.3. The normalized spacial score (nSPS) is 16.2. The Morgan fingerprint density at radius 2 is 1.68 bits per heavy atom. The molecule has 314 valence electrons. The molecule has 3 rings (SSSR count). The lowest BCUT2D eigenvalue weighted by Crippen LogP contribution is -2.72. The fourth-order valence-electron chi connectivity index (χ4n) is 4.51. The van der Waals surface area contributed by atoms with Crippen LogP contribution < -0.4 is 42.1 Å². The van der Waals surface area contributed by atoms with Crippen molar-refractivity contribution in [3.05, 3.63) is 39.3 Å². The van der Waals surface area contributed by atoms with Gasteiger partial charge in [0.05, 0.1) is 19.2 Å². The first-order chi connectivity index (χ1) is 26.5. The maximum absolute atomic E-state index is 13.7. The summed E-state index contributed by atoms with van der Waals surface area (Å²) >= 11 is 0.950. The number of H-pyrrole nitrogens is 1. The van der Waals surface area contributed by atoms with E-state index in [0.717, 1.165) is 24.2 Å². The van der Waals surface area contributed by atoms with Crippen molar-refractivity contribution >= 4 is 58.0 Å². The summed E-state index contributed by atoms with van der Waals surface area (Å²) < 4.78 is 16.1. The summed E-state index contributed by atoms with van der Waals surface area (Å²) in [6, 6.07) is -2.29. The lowest BCUT2D eigenvalue weighted by molar-refractivity contribution is -0.179. The molecule has 1 saturated heterocycles. The van der Waals surface area contributed by atoms with Crippen LogP contribution in [0.2, 0.25) is 0 Å². The highest BCUT2D eigenvalue weighted by Crippen LogP contribution is 2.21. The number of oxime groups is 1. The quantitative estimate of drug-likeness (QED) is 0.0398. The minimum atomic E-state index is -1.66. The van der Waals surface area contributed by atoms with Gasteiger partial charge in [-0.25, -0.2) is 19.4 Å². The van der Waals surface area contributed by atoms with E-state index in [1.54, 1.807) is 41.5 Å². The Kier molecular flexibility index (Phi) is 15.6. The van der Waals surface area contributed by atoms with Crippen LogP contribution in [0.15, 0.2) is 27.6 Å². The topological polar surface area (TPSA) is 270 Å². The predicted molar refractivity (Wildman–Crippen MR) is 209 cm³/mol. The van der Waals surface area contributed by atoms with Gasteiger partial charge in [0.1, 0.15) is 29.0 Å². The van der Waals surface area contributed by atoms with Gasteiger partial charge in [0.2, 0.25) is 22.8 Å². The van der Waals surface area contributed by atoms with Gasteiger partial charge in [0, 0.05) is 29.9 Å². The molecule has 21 heteroatoms. The van der Waals surface area contributed by atoms with E-state index in [9.17, 15) is 33.6 Å². The Morgan fingerprint density at radius 1 is 1.00 bits per heavy atom. The Labute approximate surface area is 334 Å². The van der Waals surface area contributed by atoms with Crippen molar-refractivity contribution in [2.24, 2.45) is 5.16 Å². The van der Waals surface area contributed by atoms with Gasteiger partial charge in [-0.15, -0.1) is 11.3 Å². The Bertz CT molecular complexity index is 1880. The van der Waals surface area contributed by atoms with Gasteiger partial charge in [0.25, 0.3) is 5.91 Å². The van der Waals surface area contributed by atoms with Crippen molar-refractivity contribution < 1.29 is 47.8 Å². The summed E-state index contributed by atoms with van der Waals surface area (Å²) in [7, 11) is 0. The van der Waals surface area contributed by atoms with Crippen molar-refractivity contribution in [3.8, 4) is 5.75 Å². The molecule has 0 aliphatic carbocycles. The summed E-state index contributed by atoms with van der Waals surface area (Å²) in [4.78, 5) is 102. The number of rotatable bonds is 17. The second-order valence-electron chi connectivity index (χ2n) is 15.5. The van der Waals surface area contributed by atoms with E-state index in [-0.39, 0.29) is 35.1 Å². The molecule has 1 aliphatic heterocycles. The molecule has 0 bridgehead atoms. The van der Waals surface area contributed by atoms with Crippen molar-refractivity contribution in [2.45, 2.75) is 124 Å². The third-order valence-corrected chi connectivity index (χ3v) is 8.25. The number of hydrogen-bond acceptors (Lipinski definition) is 14. The minimum absolute atomic E-state index is 0.0303. The van der Waals surface area contributed by atoms with Gasteiger partial charge in [-0.05, 0) is 68.7 Å². The van der Waals surface area contributed by atoms with Crippen LogP contribution in [0.5, 0.6) is 5.75 Å². The van der Waals surface area contributed by atoms with E-state index in [0.29, 0.717) is 12.3 Å². The molecule has 20 nitrogen and oxygen atoms in total. The number of esters is 1. The molecule has 3 heterocycles. The van der Waals surface area contributed by atoms with Crippen LogP contribution in [-0.2, 0) is 40.0 Å². The van der Waals surface area contributed by atoms with Crippen LogP contribution in [0.1, 0.15) is 93.5 Å². The molecule has 0 unspecified atom stereocenters. The molecule has 0 aromatic carbocycles. The average molecular weight is 820 g/mol. The predicted octanol–water partition coefficient (Wildman–Crippen LogP) is 2.19. The highest BCUT2D eigenvalue weighted by molar-refractivity contribution is 7.14. The van der Waals surface area contributed by atoms with Crippen LogP contribution in [0.3, 0.4) is 0 Å². The van der Waals surface area contributed by atoms with Gasteiger partial charge in [-0.2, -0.15) is 0 Å². The standard InChI is InChI=1S/C36H53N9O11S/c1-11-12-13-53-24-17-37-20(14-23(24)46)15-39-31(51)40-19(2)27(47)38-16-21-25(28(48)41-21)43-29(49)26(45-56-36(9,10)30(50)54-34(3,4)5)22-18-57-32(42-22)44-33(52)55-35(6,7)8/h14,17-19,21,25H,11-13,15-16H2,1-10H3,(H,37,46)(H,38,47)(H,41,48)(H,43,49)(H2,39,40,51)(H,42,44,52)/b45-26-/t19-,21+,25-/m0/s1. The molecule has 0 saturated carbocycles. The number of aromatic amines is 1. The van der Waals surface area contributed by atoms with Crippen molar-refractivity contribution in [1.29, 1.82) is 0 Å². The maximum Gasteiger partial charge on any atom is 0.413 e. The summed E-state index contributed by atoms with van der Waals surface area (Å²) in [6.07, 6.45) is 2.36. The number of nitrogens with zero attached hydrogens (tertiary/aromatic N) is 2. The minimum Gasteiger partial charge on any atom is -0.488 e. The lowest BCUT2D eigenvalue weighted by Gasteiger charge is -2.37. The molecule has 1 aliphatic rings. The highest BCUT2D eigenvalue weighted by atomic mass is 32.1. The third-order valence-electron chi connectivity index (χ3n) is 7.49. The number of hydrogen-bond donors (Lipinski definition) is 7. The zero-order chi connectivity index (χ0) is 42.7. The number of ether oxygens (including phenoxy) is 3. The summed E-state index contributed by atoms with van der Waals surface area (Å²) in [5.41, 5.74) is -3.72.